The number of hydrogen-bond donors (Lipinski definition) is 1. The van der Waals surface area contributed by atoms with Crippen molar-refractivity contribution in [2.45, 2.75) is 12.3 Å². The molecule has 1 saturated carbocycles. The maximum Gasteiger partial charge on any atom is 0.228 e. The highest BCUT2D eigenvalue weighted by atomic mass is 19.1. The van der Waals surface area contributed by atoms with Gasteiger partial charge in [-0.2, -0.15) is 0 Å². The van der Waals surface area contributed by atoms with Crippen molar-refractivity contribution in [3.8, 4) is 0 Å². The molecule has 102 valence electrons. The molecule has 0 radical (unpaired) electrons. The summed E-state index contributed by atoms with van der Waals surface area (Å²) in [7, 11) is 0. The Labute approximate surface area is 115 Å². The quantitative estimate of drug-likeness (QED) is 0.907. The van der Waals surface area contributed by atoms with Crippen molar-refractivity contribution >= 4 is 11.6 Å². The van der Waals surface area contributed by atoms with Gasteiger partial charge in [-0.15, -0.1) is 0 Å². The fraction of sp³-hybridized carbons (Fsp3) is 0.188. The van der Waals surface area contributed by atoms with E-state index in [1.54, 1.807) is 6.07 Å². The van der Waals surface area contributed by atoms with Crippen LogP contribution in [-0.4, -0.2) is 5.91 Å². The van der Waals surface area contributed by atoms with E-state index in [4.69, 9.17) is 0 Å². The molecule has 0 saturated heterocycles. The standard InChI is InChI=1S/C16H13F2NO/c17-11-4-6-13(7-5-11)19-16(20)15-9-14(15)10-2-1-3-12(18)8-10/h1-8,14-15H,9H2,(H,19,20)/t14-,15+/m1/s1. The Morgan fingerprint density at radius 2 is 1.80 bits per heavy atom. The number of anilines is 1. The van der Waals surface area contributed by atoms with Crippen LogP contribution >= 0.6 is 0 Å². The molecule has 20 heavy (non-hydrogen) atoms. The zero-order valence-corrected chi connectivity index (χ0v) is 10.6. The first kappa shape index (κ1) is 12.8. The Morgan fingerprint density at radius 3 is 2.50 bits per heavy atom. The minimum Gasteiger partial charge on any atom is -0.326 e. The summed E-state index contributed by atoms with van der Waals surface area (Å²) in [6, 6.07) is 12.0. The van der Waals surface area contributed by atoms with Gasteiger partial charge in [0, 0.05) is 11.6 Å². The predicted octanol–water partition coefficient (Wildman–Crippen LogP) is 3.71. The van der Waals surface area contributed by atoms with E-state index in [9.17, 15) is 13.6 Å². The molecule has 1 fully saturated rings. The molecule has 1 N–H and O–H groups in total. The van der Waals surface area contributed by atoms with Crippen molar-refractivity contribution in [3.63, 3.8) is 0 Å². The van der Waals surface area contributed by atoms with Gasteiger partial charge in [0.25, 0.3) is 0 Å². The van der Waals surface area contributed by atoms with Crippen LogP contribution in [0.15, 0.2) is 48.5 Å². The normalized spacial score (nSPS) is 20.5. The molecule has 0 aromatic heterocycles. The average Bonchev–Trinajstić information content (AvgIpc) is 3.22. The van der Waals surface area contributed by atoms with E-state index in [0.29, 0.717) is 5.69 Å². The van der Waals surface area contributed by atoms with Crippen molar-refractivity contribution in [1.29, 1.82) is 0 Å². The smallest absolute Gasteiger partial charge is 0.228 e. The van der Waals surface area contributed by atoms with E-state index in [0.717, 1.165) is 12.0 Å². The van der Waals surface area contributed by atoms with Gasteiger partial charge in [-0.25, -0.2) is 8.78 Å². The van der Waals surface area contributed by atoms with Gasteiger partial charge in [-0.3, -0.25) is 4.79 Å². The number of halogens is 2. The van der Waals surface area contributed by atoms with Gasteiger partial charge in [0.05, 0.1) is 0 Å². The predicted molar refractivity (Wildman–Crippen MR) is 72.3 cm³/mol. The summed E-state index contributed by atoms with van der Waals surface area (Å²) < 4.78 is 25.9. The lowest BCUT2D eigenvalue weighted by Gasteiger charge is -2.05. The van der Waals surface area contributed by atoms with Gasteiger partial charge in [-0.1, -0.05) is 12.1 Å². The second-order valence-electron chi connectivity index (χ2n) is 5.00. The third kappa shape index (κ3) is 2.69. The first-order chi connectivity index (χ1) is 9.63. The van der Waals surface area contributed by atoms with E-state index in [1.807, 2.05) is 6.07 Å². The van der Waals surface area contributed by atoms with Gasteiger partial charge in [0.2, 0.25) is 5.91 Å². The topological polar surface area (TPSA) is 29.1 Å². The molecular weight excluding hydrogens is 260 g/mol. The fourth-order valence-electron chi connectivity index (χ4n) is 2.36. The third-order valence-electron chi connectivity index (χ3n) is 3.52. The molecule has 0 unspecified atom stereocenters. The molecule has 2 aromatic carbocycles. The Bertz CT molecular complexity index is 639. The molecule has 2 nitrogen and oxygen atoms in total. The minimum atomic E-state index is -0.341. The molecule has 1 aliphatic carbocycles. The van der Waals surface area contributed by atoms with Crippen LogP contribution in [0.4, 0.5) is 14.5 Å². The zero-order chi connectivity index (χ0) is 14.1. The summed E-state index contributed by atoms with van der Waals surface area (Å²) in [6.07, 6.45) is 0.719. The minimum absolute atomic E-state index is 0.0751. The summed E-state index contributed by atoms with van der Waals surface area (Å²) >= 11 is 0. The highest BCUT2D eigenvalue weighted by Gasteiger charge is 2.44. The summed E-state index contributed by atoms with van der Waals surface area (Å²) in [5.41, 5.74) is 1.42. The van der Waals surface area contributed by atoms with Gasteiger partial charge < -0.3 is 5.32 Å². The maximum atomic E-state index is 13.1. The Kier molecular flexibility index (Phi) is 3.22. The van der Waals surface area contributed by atoms with Crippen LogP contribution in [0, 0.1) is 17.6 Å². The van der Waals surface area contributed by atoms with Crippen molar-refractivity contribution < 1.29 is 13.6 Å². The van der Waals surface area contributed by atoms with Gasteiger partial charge in [0.15, 0.2) is 0 Å². The van der Waals surface area contributed by atoms with Crippen LogP contribution in [0.5, 0.6) is 0 Å². The highest BCUT2D eigenvalue weighted by molar-refractivity contribution is 5.95. The molecule has 4 heteroatoms. The van der Waals surface area contributed by atoms with E-state index >= 15 is 0 Å². The molecule has 2 atom stereocenters. The molecule has 0 spiro atoms. The van der Waals surface area contributed by atoms with E-state index < -0.39 is 0 Å². The molecule has 2 aromatic rings. The van der Waals surface area contributed by atoms with E-state index in [-0.39, 0.29) is 29.4 Å². The van der Waals surface area contributed by atoms with E-state index in [1.165, 1.54) is 36.4 Å². The number of hydrogen-bond acceptors (Lipinski definition) is 1. The second kappa shape index (κ2) is 5.04. The zero-order valence-electron chi connectivity index (χ0n) is 10.6. The molecule has 1 aliphatic rings. The van der Waals surface area contributed by atoms with Gasteiger partial charge in [-0.05, 0) is 54.3 Å². The number of benzene rings is 2. The lowest BCUT2D eigenvalue weighted by atomic mass is 10.1. The lowest BCUT2D eigenvalue weighted by molar-refractivity contribution is -0.117. The van der Waals surface area contributed by atoms with Crippen molar-refractivity contribution in [2.24, 2.45) is 5.92 Å². The first-order valence-electron chi connectivity index (χ1n) is 6.45. The molecule has 0 bridgehead atoms. The largest absolute Gasteiger partial charge is 0.326 e. The van der Waals surface area contributed by atoms with Crippen LogP contribution < -0.4 is 5.32 Å². The van der Waals surface area contributed by atoms with Gasteiger partial charge in [0.1, 0.15) is 11.6 Å². The average molecular weight is 273 g/mol. The number of nitrogens with one attached hydrogen (secondary N) is 1. The molecule has 0 aliphatic heterocycles. The lowest BCUT2D eigenvalue weighted by Crippen LogP contribution is -2.14. The fourth-order valence-corrected chi connectivity index (χ4v) is 2.36. The summed E-state index contributed by atoms with van der Waals surface area (Å²) in [6.45, 7) is 0. The van der Waals surface area contributed by atoms with Crippen LogP contribution in [-0.2, 0) is 4.79 Å². The monoisotopic (exact) mass is 273 g/mol. The van der Waals surface area contributed by atoms with Crippen LogP contribution in [0.1, 0.15) is 17.9 Å². The Morgan fingerprint density at radius 1 is 1.05 bits per heavy atom. The highest BCUT2D eigenvalue weighted by Crippen LogP contribution is 2.48. The maximum absolute atomic E-state index is 13.1. The summed E-state index contributed by atoms with van der Waals surface area (Å²) in [4.78, 5) is 12.0. The molecule has 0 heterocycles. The Hall–Kier alpha value is -2.23. The van der Waals surface area contributed by atoms with Crippen LogP contribution in [0.2, 0.25) is 0 Å². The first-order valence-corrected chi connectivity index (χ1v) is 6.45. The number of carbonyl (C=O) groups is 1. The van der Waals surface area contributed by atoms with E-state index in [2.05, 4.69) is 5.32 Å². The van der Waals surface area contributed by atoms with Crippen molar-refractivity contribution in [1.82, 2.24) is 0 Å². The number of carbonyl (C=O) groups excluding carboxylic acids is 1. The molecule has 3 rings (SSSR count). The summed E-state index contributed by atoms with van der Waals surface area (Å²) in [5, 5.41) is 2.75. The number of rotatable bonds is 3. The molecule has 1 amide bonds. The van der Waals surface area contributed by atoms with Crippen molar-refractivity contribution in [2.75, 3.05) is 5.32 Å². The molecular formula is C16H13F2NO. The summed E-state index contributed by atoms with van der Waals surface area (Å²) in [5.74, 6) is -0.793. The van der Waals surface area contributed by atoms with Gasteiger partial charge >= 0.3 is 0 Å². The SMILES string of the molecule is O=C(Nc1ccc(F)cc1)[C@H]1C[C@@H]1c1cccc(F)c1. The van der Waals surface area contributed by atoms with Crippen molar-refractivity contribution in [3.05, 3.63) is 65.7 Å². The van der Waals surface area contributed by atoms with Crippen LogP contribution in [0.3, 0.4) is 0 Å². The van der Waals surface area contributed by atoms with Crippen LogP contribution in [0.25, 0.3) is 0 Å². The third-order valence-corrected chi connectivity index (χ3v) is 3.52. The number of amides is 1. The second-order valence-corrected chi connectivity index (χ2v) is 5.00. The Balaban J connectivity index is 1.64.